The molecule has 0 aliphatic heterocycles. The lowest BCUT2D eigenvalue weighted by Gasteiger charge is -2.08. The number of carbonyl (C=O) groups is 2. The molecule has 1 rings (SSSR count). The molecular weight excluding hydrogens is 295 g/mol. The van der Waals surface area contributed by atoms with Crippen LogP contribution in [0.1, 0.15) is 17.2 Å². The van der Waals surface area contributed by atoms with Gasteiger partial charge in [-0.05, 0) is 23.3 Å². The van der Waals surface area contributed by atoms with Gasteiger partial charge in [0.25, 0.3) is 0 Å². The molecule has 0 aromatic heterocycles. The topological polar surface area (TPSA) is 74.6 Å². The Balaban J connectivity index is 3.01. The van der Waals surface area contributed by atoms with Crippen molar-refractivity contribution in [3.8, 4) is 0 Å². The van der Waals surface area contributed by atoms with E-state index >= 15 is 0 Å². The molecule has 0 radical (unpaired) electrons. The molecular formula is C11H10BrFO4. The summed E-state index contributed by atoms with van der Waals surface area (Å²) in [6.45, 7) is 0. The van der Waals surface area contributed by atoms with Crippen molar-refractivity contribution in [2.75, 3.05) is 5.33 Å². The molecule has 1 aromatic carbocycles. The van der Waals surface area contributed by atoms with Crippen molar-refractivity contribution in [1.82, 2.24) is 0 Å². The summed E-state index contributed by atoms with van der Waals surface area (Å²) >= 11 is 2.97. The Hall–Kier alpha value is -1.27. The number of Topliss-reactive ketones (excluding diaryl/α,β-unsaturated/α-hetero) is 1. The highest BCUT2D eigenvalue weighted by Crippen LogP contribution is 2.17. The first kappa shape index (κ1) is 13.8. The van der Waals surface area contributed by atoms with E-state index in [1.165, 1.54) is 6.07 Å². The second-order valence-electron chi connectivity index (χ2n) is 3.48. The first-order chi connectivity index (χ1) is 7.93. The van der Waals surface area contributed by atoms with E-state index in [-0.39, 0.29) is 23.1 Å². The Morgan fingerprint density at radius 2 is 2.00 bits per heavy atom. The maximum atomic E-state index is 13.2. The average molecular weight is 305 g/mol. The minimum Gasteiger partial charge on any atom is -0.479 e. The summed E-state index contributed by atoms with van der Waals surface area (Å²) in [7, 11) is 0. The number of carboxylic acids is 1. The van der Waals surface area contributed by atoms with Gasteiger partial charge in [0.1, 0.15) is 11.6 Å². The van der Waals surface area contributed by atoms with Crippen molar-refractivity contribution in [2.45, 2.75) is 12.5 Å². The van der Waals surface area contributed by atoms with Gasteiger partial charge in [-0.3, -0.25) is 4.79 Å². The quantitative estimate of drug-likeness (QED) is 0.808. The molecule has 0 aliphatic rings. The maximum absolute atomic E-state index is 13.2. The van der Waals surface area contributed by atoms with Gasteiger partial charge in [0, 0.05) is 6.42 Å². The summed E-state index contributed by atoms with van der Waals surface area (Å²) in [5.41, 5.74) is 0.264. The van der Waals surface area contributed by atoms with Gasteiger partial charge in [0.15, 0.2) is 6.10 Å². The number of aliphatic carboxylic acids is 1. The molecule has 0 aliphatic carbocycles. The van der Waals surface area contributed by atoms with E-state index in [2.05, 4.69) is 15.9 Å². The van der Waals surface area contributed by atoms with E-state index in [0.29, 0.717) is 5.56 Å². The van der Waals surface area contributed by atoms with Gasteiger partial charge in [0.2, 0.25) is 0 Å². The van der Waals surface area contributed by atoms with Gasteiger partial charge in [-0.15, -0.1) is 0 Å². The van der Waals surface area contributed by atoms with Crippen molar-refractivity contribution in [3.05, 3.63) is 35.1 Å². The lowest BCUT2D eigenvalue weighted by molar-refractivity contribution is -0.146. The molecule has 1 unspecified atom stereocenters. The lowest BCUT2D eigenvalue weighted by Crippen LogP contribution is -2.12. The van der Waals surface area contributed by atoms with Crippen LogP contribution in [0.3, 0.4) is 0 Å². The average Bonchev–Trinajstić information content (AvgIpc) is 2.26. The number of carboxylic acid groups (broad SMARTS) is 1. The van der Waals surface area contributed by atoms with Crippen molar-refractivity contribution < 1.29 is 24.2 Å². The van der Waals surface area contributed by atoms with Crippen molar-refractivity contribution in [1.29, 1.82) is 0 Å². The summed E-state index contributed by atoms with van der Waals surface area (Å²) in [5.74, 6) is -2.31. The minimum absolute atomic E-state index is 0.0116. The van der Waals surface area contributed by atoms with Gasteiger partial charge in [-0.2, -0.15) is 0 Å². The van der Waals surface area contributed by atoms with Crippen LogP contribution in [0.4, 0.5) is 4.39 Å². The predicted molar refractivity (Wildman–Crippen MR) is 61.5 cm³/mol. The van der Waals surface area contributed by atoms with Gasteiger partial charge >= 0.3 is 5.97 Å². The fourth-order valence-corrected chi connectivity index (χ4v) is 1.55. The molecule has 0 spiro atoms. The first-order valence-corrected chi connectivity index (χ1v) is 5.84. The van der Waals surface area contributed by atoms with Crippen molar-refractivity contribution in [2.24, 2.45) is 0 Å². The Morgan fingerprint density at radius 3 is 2.53 bits per heavy atom. The third kappa shape index (κ3) is 3.90. The number of halogens is 2. The molecule has 0 amide bonds. The Kier molecular flexibility index (Phi) is 4.77. The number of alkyl halides is 1. The summed E-state index contributed by atoms with van der Waals surface area (Å²) in [4.78, 5) is 21.7. The zero-order valence-electron chi connectivity index (χ0n) is 8.69. The zero-order valence-corrected chi connectivity index (χ0v) is 10.3. The fraction of sp³-hybridized carbons (Fsp3) is 0.273. The number of carbonyl (C=O) groups excluding carboxylic acids is 1. The van der Waals surface area contributed by atoms with Crippen LogP contribution in [0.25, 0.3) is 0 Å². The normalized spacial score (nSPS) is 12.2. The second kappa shape index (κ2) is 5.88. The lowest BCUT2D eigenvalue weighted by atomic mass is 10.0. The minimum atomic E-state index is -1.79. The Labute approximate surface area is 105 Å². The maximum Gasteiger partial charge on any atom is 0.337 e. The van der Waals surface area contributed by atoms with Gasteiger partial charge in [0.05, 0.1) is 5.33 Å². The third-order valence-electron chi connectivity index (χ3n) is 2.08. The molecule has 0 fully saturated rings. The molecule has 92 valence electrons. The summed E-state index contributed by atoms with van der Waals surface area (Å²) in [6.07, 6.45) is -1.80. The van der Waals surface area contributed by atoms with Gasteiger partial charge in [-0.25, -0.2) is 9.18 Å². The summed E-state index contributed by atoms with van der Waals surface area (Å²) < 4.78 is 13.2. The second-order valence-corrected chi connectivity index (χ2v) is 4.04. The van der Waals surface area contributed by atoms with E-state index in [1.807, 2.05) is 0 Å². The molecule has 17 heavy (non-hydrogen) atoms. The highest BCUT2D eigenvalue weighted by Gasteiger charge is 2.17. The van der Waals surface area contributed by atoms with Crippen LogP contribution < -0.4 is 0 Å². The van der Waals surface area contributed by atoms with Crippen molar-refractivity contribution in [3.63, 3.8) is 0 Å². The number of hydrogen-bond acceptors (Lipinski definition) is 3. The van der Waals surface area contributed by atoms with Crippen LogP contribution in [0, 0.1) is 5.82 Å². The highest BCUT2D eigenvalue weighted by molar-refractivity contribution is 9.09. The van der Waals surface area contributed by atoms with E-state index in [0.717, 1.165) is 12.1 Å². The molecule has 0 saturated carbocycles. The third-order valence-corrected chi connectivity index (χ3v) is 2.71. The zero-order chi connectivity index (χ0) is 13.0. The van der Waals surface area contributed by atoms with E-state index in [4.69, 9.17) is 5.11 Å². The van der Waals surface area contributed by atoms with Gasteiger partial charge < -0.3 is 10.2 Å². The molecule has 0 heterocycles. The van der Waals surface area contributed by atoms with E-state index < -0.39 is 17.9 Å². The molecule has 1 aromatic rings. The standard InChI is InChI=1S/C11H10BrFO4/c12-5-9(14)3-6-1-7(4-8(13)2-6)10(15)11(16)17/h1-2,4,10,15H,3,5H2,(H,16,17). The SMILES string of the molecule is O=C(CBr)Cc1cc(F)cc(C(O)C(=O)O)c1. The molecule has 2 N–H and O–H groups in total. The molecule has 6 heteroatoms. The van der Waals surface area contributed by atoms with E-state index in [1.54, 1.807) is 0 Å². The fourth-order valence-electron chi connectivity index (χ4n) is 1.35. The van der Waals surface area contributed by atoms with Crippen LogP contribution in [-0.4, -0.2) is 27.3 Å². The largest absolute Gasteiger partial charge is 0.479 e. The molecule has 0 bridgehead atoms. The van der Waals surface area contributed by atoms with Crippen molar-refractivity contribution >= 4 is 27.7 Å². The number of benzene rings is 1. The monoisotopic (exact) mass is 304 g/mol. The number of aliphatic hydroxyl groups is 1. The van der Waals surface area contributed by atoms with Crippen LogP contribution in [0.15, 0.2) is 18.2 Å². The first-order valence-electron chi connectivity index (χ1n) is 4.72. The van der Waals surface area contributed by atoms with Gasteiger partial charge in [-0.1, -0.05) is 22.0 Å². The number of aliphatic hydroxyl groups excluding tert-OH is 1. The van der Waals surface area contributed by atoms with E-state index in [9.17, 15) is 19.1 Å². The number of ketones is 1. The smallest absolute Gasteiger partial charge is 0.337 e. The predicted octanol–water partition coefficient (Wildman–Crippen LogP) is 1.45. The number of hydrogen-bond donors (Lipinski definition) is 2. The molecule has 0 saturated heterocycles. The van der Waals surface area contributed by atoms with Crippen LogP contribution >= 0.6 is 15.9 Å². The molecule has 4 nitrogen and oxygen atoms in total. The highest BCUT2D eigenvalue weighted by atomic mass is 79.9. The van der Waals surface area contributed by atoms with Crippen LogP contribution in [0.5, 0.6) is 0 Å². The Bertz CT molecular complexity index is 447. The summed E-state index contributed by atoms with van der Waals surface area (Å²) in [6, 6.07) is 3.38. The number of rotatable bonds is 5. The van der Waals surface area contributed by atoms with Crippen LogP contribution in [-0.2, 0) is 16.0 Å². The summed E-state index contributed by atoms with van der Waals surface area (Å²) in [5, 5.41) is 18.0. The van der Waals surface area contributed by atoms with Crippen LogP contribution in [0.2, 0.25) is 0 Å². The molecule has 1 atom stereocenters. The Morgan fingerprint density at radius 1 is 1.35 bits per heavy atom.